The van der Waals surface area contributed by atoms with E-state index in [4.69, 9.17) is 16.3 Å². The number of ketones is 1. The van der Waals surface area contributed by atoms with Gasteiger partial charge in [0.2, 0.25) is 0 Å². The Balaban J connectivity index is 3.14. The van der Waals surface area contributed by atoms with Crippen LogP contribution in [0, 0.1) is 10.1 Å². The second kappa shape index (κ2) is 8.82. The van der Waals surface area contributed by atoms with Gasteiger partial charge in [-0.2, -0.15) is 0 Å². The van der Waals surface area contributed by atoms with Crippen molar-refractivity contribution in [3.05, 3.63) is 32.8 Å². The number of benzene rings is 1. The van der Waals surface area contributed by atoms with Crippen LogP contribution in [0.15, 0.2) is 12.1 Å². The maximum Gasteiger partial charge on any atom is 0.379 e. The lowest BCUT2D eigenvalue weighted by Gasteiger charge is -2.09. The number of carbonyl (C=O) groups is 3. The minimum atomic E-state index is -1.19. The van der Waals surface area contributed by atoms with Crippen molar-refractivity contribution >= 4 is 35.0 Å². The van der Waals surface area contributed by atoms with Crippen LogP contribution in [0.3, 0.4) is 0 Å². The third kappa shape index (κ3) is 4.92. The van der Waals surface area contributed by atoms with Crippen LogP contribution in [0.5, 0.6) is 5.75 Å². The largest absolute Gasteiger partial charge is 0.475 e. The first-order chi connectivity index (χ1) is 11.3. The summed E-state index contributed by atoms with van der Waals surface area (Å²) in [5, 5.41) is 10.9. The zero-order valence-electron chi connectivity index (χ0n) is 12.9. The highest BCUT2D eigenvalue weighted by atomic mass is 35.5. The molecule has 0 aliphatic rings. The van der Waals surface area contributed by atoms with E-state index >= 15 is 0 Å². The molecule has 1 rings (SSSR count). The number of esters is 2. The predicted octanol–water partition coefficient (Wildman–Crippen LogP) is 1.94. The number of nitro benzene ring substituents is 1. The molecule has 0 spiro atoms. The number of nitrogens with zero attached hydrogens (tertiary/aromatic N) is 1. The van der Waals surface area contributed by atoms with E-state index in [1.165, 1.54) is 6.92 Å². The van der Waals surface area contributed by atoms with Gasteiger partial charge in [0, 0.05) is 12.1 Å². The summed E-state index contributed by atoms with van der Waals surface area (Å²) in [7, 11) is 0. The number of halogens is 1. The molecule has 0 heterocycles. The Morgan fingerprint density at radius 1 is 1.17 bits per heavy atom. The average Bonchev–Trinajstić information content (AvgIpc) is 2.52. The summed E-state index contributed by atoms with van der Waals surface area (Å²) in [6, 6.07) is 1.77. The number of rotatable bonds is 8. The van der Waals surface area contributed by atoms with Gasteiger partial charge >= 0.3 is 17.6 Å². The molecule has 0 aliphatic heterocycles. The van der Waals surface area contributed by atoms with Crippen molar-refractivity contribution < 1.29 is 33.5 Å². The Labute approximate surface area is 141 Å². The van der Waals surface area contributed by atoms with Crippen molar-refractivity contribution in [2.24, 2.45) is 0 Å². The van der Waals surface area contributed by atoms with E-state index in [9.17, 15) is 24.5 Å². The smallest absolute Gasteiger partial charge is 0.379 e. The second-order valence-electron chi connectivity index (χ2n) is 4.20. The van der Waals surface area contributed by atoms with Gasteiger partial charge in [-0.25, -0.2) is 9.59 Å². The summed E-state index contributed by atoms with van der Waals surface area (Å²) in [5.74, 6) is -3.37. The minimum absolute atomic E-state index is 0.0367. The van der Waals surface area contributed by atoms with Gasteiger partial charge in [0.1, 0.15) is 0 Å². The van der Waals surface area contributed by atoms with E-state index in [2.05, 4.69) is 9.47 Å². The van der Waals surface area contributed by atoms with Crippen LogP contribution in [-0.4, -0.2) is 42.5 Å². The van der Waals surface area contributed by atoms with Crippen LogP contribution >= 0.6 is 11.6 Å². The van der Waals surface area contributed by atoms with Crippen molar-refractivity contribution in [2.45, 2.75) is 13.8 Å². The maximum absolute atomic E-state index is 11.9. The highest BCUT2D eigenvalue weighted by molar-refractivity contribution is 6.45. The minimum Gasteiger partial charge on any atom is -0.475 e. The molecule has 0 N–H and O–H groups in total. The Hall–Kier alpha value is -2.68. The zero-order valence-corrected chi connectivity index (χ0v) is 13.6. The van der Waals surface area contributed by atoms with Crippen molar-refractivity contribution in [1.82, 2.24) is 0 Å². The van der Waals surface area contributed by atoms with E-state index < -0.39 is 40.5 Å². The van der Waals surface area contributed by atoms with Crippen molar-refractivity contribution in [3.63, 3.8) is 0 Å². The molecule has 10 heteroatoms. The van der Waals surface area contributed by atoms with Gasteiger partial charge < -0.3 is 14.2 Å². The molecule has 0 unspecified atom stereocenters. The number of Topliss-reactive ketones (excluding diaryl/α,β-unsaturated/α-hetero) is 1. The number of hydrogen-bond acceptors (Lipinski definition) is 8. The Morgan fingerprint density at radius 3 is 2.33 bits per heavy atom. The first-order valence-corrected chi connectivity index (χ1v) is 7.17. The highest BCUT2D eigenvalue weighted by Crippen LogP contribution is 2.33. The number of carbonyl (C=O) groups excluding carboxylic acids is 3. The third-order valence-corrected chi connectivity index (χ3v) is 2.91. The Morgan fingerprint density at radius 2 is 1.79 bits per heavy atom. The van der Waals surface area contributed by atoms with Crippen LogP contribution in [-0.2, 0) is 19.1 Å². The maximum atomic E-state index is 11.9. The van der Waals surface area contributed by atoms with Crippen LogP contribution in [0.2, 0.25) is 5.02 Å². The van der Waals surface area contributed by atoms with Gasteiger partial charge in [-0.3, -0.25) is 14.9 Å². The van der Waals surface area contributed by atoms with Crippen LogP contribution in [0.4, 0.5) is 5.69 Å². The van der Waals surface area contributed by atoms with Gasteiger partial charge in [-0.05, 0) is 13.8 Å². The van der Waals surface area contributed by atoms with Crippen LogP contribution in [0.1, 0.15) is 24.2 Å². The molecule has 0 saturated heterocycles. The van der Waals surface area contributed by atoms with Crippen molar-refractivity contribution in [1.29, 1.82) is 0 Å². The van der Waals surface area contributed by atoms with E-state index in [1.807, 2.05) is 0 Å². The molecule has 1 aromatic rings. The Kier molecular flexibility index (Phi) is 7.12. The summed E-state index contributed by atoms with van der Waals surface area (Å²) < 4.78 is 14.2. The highest BCUT2D eigenvalue weighted by Gasteiger charge is 2.27. The fraction of sp³-hybridized carbons (Fsp3) is 0.357. The first kappa shape index (κ1) is 19.4. The van der Waals surface area contributed by atoms with Crippen molar-refractivity contribution in [3.8, 4) is 5.75 Å². The van der Waals surface area contributed by atoms with Gasteiger partial charge in [0.25, 0.3) is 5.78 Å². The van der Waals surface area contributed by atoms with Gasteiger partial charge in [0.15, 0.2) is 12.4 Å². The van der Waals surface area contributed by atoms with Gasteiger partial charge in [0.05, 0.1) is 28.7 Å². The number of hydrogen-bond donors (Lipinski definition) is 0. The molecule has 0 atom stereocenters. The summed E-state index contributed by atoms with van der Waals surface area (Å²) in [5.41, 5.74) is -1.03. The zero-order chi connectivity index (χ0) is 18.3. The van der Waals surface area contributed by atoms with Gasteiger partial charge in [-0.1, -0.05) is 11.6 Å². The lowest BCUT2D eigenvalue weighted by Crippen LogP contribution is -2.19. The number of ether oxygens (including phenoxy) is 3. The molecule has 130 valence electrons. The summed E-state index contributed by atoms with van der Waals surface area (Å²) in [4.78, 5) is 44.9. The topological polar surface area (TPSA) is 122 Å². The molecule has 0 fully saturated rings. The van der Waals surface area contributed by atoms with E-state index in [0.717, 1.165) is 12.1 Å². The molecule has 24 heavy (non-hydrogen) atoms. The Bertz CT molecular complexity index is 673. The molecule has 0 saturated carbocycles. The first-order valence-electron chi connectivity index (χ1n) is 6.79. The SMILES string of the molecule is CCOC(=O)COc1cc(Cl)c(C(=O)C(=O)OCC)cc1[N+](=O)[O-]. The van der Waals surface area contributed by atoms with Crippen LogP contribution in [0.25, 0.3) is 0 Å². The van der Waals surface area contributed by atoms with Gasteiger partial charge in [-0.15, -0.1) is 0 Å². The van der Waals surface area contributed by atoms with E-state index in [0.29, 0.717) is 0 Å². The number of nitro groups is 1. The monoisotopic (exact) mass is 359 g/mol. The summed E-state index contributed by atoms with van der Waals surface area (Å²) in [6.07, 6.45) is 0. The molecular formula is C14H14ClNO8. The van der Waals surface area contributed by atoms with Crippen LogP contribution < -0.4 is 4.74 Å². The van der Waals surface area contributed by atoms with E-state index in [-0.39, 0.29) is 24.0 Å². The normalized spacial score (nSPS) is 9.96. The van der Waals surface area contributed by atoms with Crippen molar-refractivity contribution in [2.75, 3.05) is 19.8 Å². The molecule has 0 aromatic heterocycles. The lowest BCUT2D eigenvalue weighted by molar-refractivity contribution is -0.385. The quantitative estimate of drug-likeness (QED) is 0.227. The summed E-state index contributed by atoms with van der Waals surface area (Å²) >= 11 is 5.87. The molecule has 0 aliphatic carbocycles. The fourth-order valence-corrected chi connectivity index (χ4v) is 1.86. The predicted molar refractivity (Wildman–Crippen MR) is 81.2 cm³/mol. The molecular weight excluding hydrogens is 346 g/mol. The third-order valence-electron chi connectivity index (χ3n) is 2.60. The molecule has 0 radical (unpaired) electrons. The molecule has 9 nitrogen and oxygen atoms in total. The standard InChI is InChI=1S/C14H14ClNO8/c1-3-22-12(17)7-24-11-6-9(15)8(5-10(11)16(20)21)13(18)14(19)23-4-2/h5-6H,3-4,7H2,1-2H3. The molecule has 1 aromatic carbocycles. The summed E-state index contributed by atoms with van der Waals surface area (Å²) in [6.45, 7) is 2.60. The molecule has 0 bridgehead atoms. The second-order valence-corrected chi connectivity index (χ2v) is 4.61. The molecule has 0 amide bonds. The van der Waals surface area contributed by atoms with E-state index in [1.54, 1.807) is 6.92 Å². The fourth-order valence-electron chi connectivity index (χ4n) is 1.62. The lowest BCUT2D eigenvalue weighted by atomic mass is 10.1. The average molecular weight is 360 g/mol.